The number of rotatable bonds is 8. The fourth-order valence-electron chi connectivity index (χ4n) is 1.96. The summed E-state index contributed by atoms with van der Waals surface area (Å²) in [6.45, 7) is 8.91. The number of hydrogen-bond acceptors (Lipinski definition) is 2. The molecule has 2 nitrogen and oxygen atoms in total. The SMILES string of the molecule is COC(CCCC(C)C)(CC(C)C)OC. The van der Waals surface area contributed by atoms with Crippen LogP contribution in [0.1, 0.15) is 53.4 Å². The van der Waals surface area contributed by atoms with Crippen LogP contribution in [0.2, 0.25) is 0 Å². The lowest BCUT2D eigenvalue weighted by atomic mass is 9.95. The molecule has 0 aliphatic heterocycles. The van der Waals surface area contributed by atoms with Gasteiger partial charge in [-0.1, -0.05) is 34.1 Å². The van der Waals surface area contributed by atoms with Gasteiger partial charge in [-0.05, 0) is 18.3 Å². The van der Waals surface area contributed by atoms with E-state index in [0.29, 0.717) is 5.92 Å². The molecule has 0 radical (unpaired) electrons. The van der Waals surface area contributed by atoms with E-state index in [4.69, 9.17) is 9.47 Å². The Bertz CT molecular complexity index is 149. The highest BCUT2D eigenvalue weighted by Crippen LogP contribution is 2.28. The Morgan fingerprint density at radius 2 is 1.47 bits per heavy atom. The van der Waals surface area contributed by atoms with Crippen LogP contribution in [0.25, 0.3) is 0 Å². The molecular formula is C13H28O2. The molecule has 0 saturated heterocycles. The first-order valence-electron chi connectivity index (χ1n) is 6.06. The maximum Gasteiger partial charge on any atom is 0.167 e. The molecule has 0 fully saturated rings. The van der Waals surface area contributed by atoms with E-state index in [0.717, 1.165) is 18.8 Å². The van der Waals surface area contributed by atoms with Crippen molar-refractivity contribution in [3.05, 3.63) is 0 Å². The lowest BCUT2D eigenvalue weighted by Crippen LogP contribution is -2.35. The molecular weight excluding hydrogens is 188 g/mol. The minimum Gasteiger partial charge on any atom is -0.353 e. The van der Waals surface area contributed by atoms with Crippen molar-refractivity contribution in [2.24, 2.45) is 11.8 Å². The largest absolute Gasteiger partial charge is 0.353 e. The molecule has 0 saturated carbocycles. The first-order valence-corrected chi connectivity index (χ1v) is 6.06. The van der Waals surface area contributed by atoms with Gasteiger partial charge in [0, 0.05) is 27.1 Å². The van der Waals surface area contributed by atoms with Crippen LogP contribution in [-0.4, -0.2) is 20.0 Å². The van der Waals surface area contributed by atoms with Crippen LogP contribution in [0.5, 0.6) is 0 Å². The molecule has 0 bridgehead atoms. The van der Waals surface area contributed by atoms with E-state index in [-0.39, 0.29) is 5.79 Å². The van der Waals surface area contributed by atoms with Crippen LogP contribution in [0.3, 0.4) is 0 Å². The molecule has 0 aromatic rings. The van der Waals surface area contributed by atoms with Crippen molar-refractivity contribution in [1.82, 2.24) is 0 Å². The molecule has 0 aliphatic rings. The third-order valence-electron chi connectivity index (χ3n) is 2.80. The van der Waals surface area contributed by atoms with Crippen LogP contribution in [0, 0.1) is 11.8 Å². The zero-order valence-electron chi connectivity index (χ0n) is 11.3. The van der Waals surface area contributed by atoms with Crippen molar-refractivity contribution in [3.63, 3.8) is 0 Å². The van der Waals surface area contributed by atoms with Crippen LogP contribution >= 0.6 is 0 Å². The fraction of sp³-hybridized carbons (Fsp3) is 1.00. The lowest BCUT2D eigenvalue weighted by Gasteiger charge is -2.32. The van der Waals surface area contributed by atoms with Crippen LogP contribution in [0.4, 0.5) is 0 Å². The molecule has 0 rings (SSSR count). The van der Waals surface area contributed by atoms with Gasteiger partial charge in [-0.25, -0.2) is 0 Å². The molecule has 0 N–H and O–H groups in total. The Balaban J connectivity index is 4.11. The molecule has 0 aromatic carbocycles. The maximum absolute atomic E-state index is 5.56. The molecule has 0 amide bonds. The third kappa shape index (κ3) is 6.16. The number of methoxy groups -OCH3 is 2. The highest BCUT2D eigenvalue weighted by molar-refractivity contribution is 4.71. The summed E-state index contributed by atoms with van der Waals surface area (Å²) >= 11 is 0. The summed E-state index contributed by atoms with van der Waals surface area (Å²) in [5, 5.41) is 0. The predicted molar refractivity (Wildman–Crippen MR) is 64.9 cm³/mol. The Morgan fingerprint density at radius 1 is 0.933 bits per heavy atom. The second-order valence-electron chi connectivity index (χ2n) is 5.20. The minimum absolute atomic E-state index is 0.358. The number of hydrogen-bond donors (Lipinski definition) is 0. The van der Waals surface area contributed by atoms with Gasteiger partial charge in [-0.2, -0.15) is 0 Å². The summed E-state index contributed by atoms with van der Waals surface area (Å²) in [6, 6.07) is 0. The van der Waals surface area contributed by atoms with Gasteiger partial charge in [0.05, 0.1) is 0 Å². The van der Waals surface area contributed by atoms with Crippen LogP contribution < -0.4 is 0 Å². The van der Waals surface area contributed by atoms with Gasteiger partial charge in [0.25, 0.3) is 0 Å². The van der Waals surface area contributed by atoms with E-state index < -0.39 is 0 Å². The second kappa shape index (κ2) is 7.24. The normalized spacial score (nSPS) is 12.8. The molecule has 0 aromatic heterocycles. The van der Waals surface area contributed by atoms with Gasteiger partial charge in [-0.15, -0.1) is 0 Å². The van der Waals surface area contributed by atoms with Crippen molar-refractivity contribution < 1.29 is 9.47 Å². The highest BCUT2D eigenvalue weighted by atomic mass is 16.7. The Labute approximate surface area is 95.3 Å². The molecule has 2 heteroatoms. The molecule has 0 heterocycles. The summed E-state index contributed by atoms with van der Waals surface area (Å²) in [6.07, 6.45) is 4.38. The Hall–Kier alpha value is -0.0800. The Kier molecular flexibility index (Phi) is 7.20. The summed E-state index contributed by atoms with van der Waals surface area (Å²) in [4.78, 5) is 0. The van der Waals surface area contributed by atoms with Gasteiger partial charge < -0.3 is 9.47 Å². The minimum atomic E-state index is -0.358. The van der Waals surface area contributed by atoms with Crippen molar-refractivity contribution in [2.45, 2.75) is 59.2 Å². The van der Waals surface area contributed by atoms with Crippen molar-refractivity contribution >= 4 is 0 Å². The van der Waals surface area contributed by atoms with Gasteiger partial charge in [0.2, 0.25) is 0 Å². The fourth-order valence-corrected chi connectivity index (χ4v) is 1.96. The quantitative estimate of drug-likeness (QED) is 0.574. The average molecular weight is 216 g/mol. The molecule has 15 heavy (non-hydrogen) atoms. The van der Waals surface area contributed by atoms with Crippen LogP contribution in [-0.2, 0) is 9.47 Å². The zero-order valence-corrected chi connectivity index (χ0v) is 11.3. The van der Waals surface area contributed by atoms with Gasteiger partial charge >= 0.3 is 0 Å². The first kappa shape index (κ1) is 14.9. The second-order valence-corrected chi connectivity index (χ2v) is 5.20. The van der Waals surface area contributed by atoms with E-state index >= 15 is 0 Å². The Morgan fingerprint density at radius 3 is 1.80 bits per heavy atom. The third-order valence-corrected chi connectivity index (χ3v) is 2.80. The van der Waals surface area contributed by atoms with Crippen molar-refractivity contribution in [1.29, 1.82) is 0 Å². The molecule has 0 spiro atoms. The number of ether oxygens (including phenoxy) is 2. The first-order chi connectivity index (χ1) is 6.95. The van der Waals surface area contributed by atoms with Crippen molar-refractivity contribution in [3.8, 4) is 0 Å². The molecule has 0 aliphatic carbocycles. The van der Waals surface area contributed by atoms with E-state index in [1.807, 2.05) is 0 Å². The summed E-state index contributed by atoms with van der Waals surface area (Å²) in [5.74, 6) is 1.00. The van der Waals surface area contributed by atoms with Gasteiger partial charge in [0.1, 0.15) is 0 Å². The lowest BCUT2D eigenvalue weighted by molar-refractivity contribution is -0.220. The van der Waals surface area contributed by atoms with Gasteiger partial charge in [0.15, 0.2) is 5.79 Å². The molecule has 0 atom stereocenters. The molecule has 92 valence electrons. The standard InChI is InChI=1S/C13H28O2/c1-11(2)8-7-9-13(14-5,15-6)10-12(3)4/h11-12H,7-10H2,1-6H3. The van der Waals surface area contributed by atoms with E-state index in [1.165, 1.54) is 12.8 Å². The smallest absolute Gasteiger partial charge is 0.167 e. The average Bonchev–Trinajstić information content (AvgIpc) is 2.15. The monoisotopic (exact) mass is 216 g/mol. The summed E-state index contributed by atoms with van der Waals surface area (Å²) < 4.78 is 11.1. The molecule has 0 unspecified atom stereocenters. The van der Waals surface area contributed by atoms with Gasteiger partial charge in [-0.3, -0.25) is 0 Å². The topological polar surface area (TPSA) is 18.5 Å². The summed E-state index contributed by atoms with van der Waals surface area (Å²) in [5.41, 5.74) is 0. The van der Waals surface area contributed by atoms with Crippen molar-refractivity contribution in [2.75, 3.05) is 14.2 Å². The van der Waals surface area contributed by atoms with E-state index in [9.17, 15) is 0 Å². The maximum atomic E-state index is 5.56. The predicted octanol–water partition coefficient (Wildman–Crippen LogP) is 3.85. The van der Waals surface area contributed by atoms with E-state index in [1.54, 1.807) is 14.2 Å². The zero-order chi connectivity index (χ0) is 11.9. The van der Waals surface area contributed by atoms with Crippen LogP contribution in [0.15, 0.2) is 0 Å². The highest BCUT2D eigenvalue weighted by Gasteiger charge is 2.29. The van der Waals surface area contributed by atoms with E-state index in [2.05, 4.69) is 27.7 Å². The summed E-state index contributed by atoms with van der Waals surface area (Å²) in [7, 11) is 3.50.